The fraction of sp³-hybridized carbons (Fsp3) is 0.786. The molecule has 3 amide bonds. The number of hydrogen-bond acceptors (Lipinski definition) is 3. The Bertz CT molecular complexity index is 400. The molecule has 0 saturated carbocycles. The van der Waals surface area contributed by atoms with Crippen LogP contribution in [0.25, 0.3) is 0 Å². The Kier molecular flexibility index (Phi) is 6.45. The molecule has 4 N–H and O–H groups in total. The number of carbonyl (C=O) groups is 3. The molecule has 0 aromatic carbocycles. The largest absolute Gasteiger partial charge is 0.481 e. The summed E-state index contributed by atoms with van der Waals surface area (Å²) in [5.74, 6) is -1.63. The minimum absolute atomic E-state index is 0.0624. The number of carboxylic acids is 1. The van der Waals surface area contributed by atoms with Crippen molar-refractivity contribution in [1.29, 1.82) is 0 Å². The number of nitrogens with one attached hydrogen (secondary N) is 1. The van der Waals surface area contributed by atoms with Crippen molar-refractivity contribution < 1.29 is 19.5 Å². The molecule has 1 heterocycles. The molecular weight excluding hydrogens is 274 g/mol. The van der Waals surface area contributed by atoms with Crippen molar-refractivity contribution in [1.82, 2.24) is 10.2 Å². The highest BCUT2D eigenvalue weighted by Gasteiger charge is 2.32. The van der Waals surface area contributed by atoms with E-state index in [9.17, 15) is 14.4 Å². The minimum atomic E-state index is -0.798. The summed E-state index contributed by atoms with van der Waals surface area (Å²) in [5, 5.41) is 11.6. The van der Waals surface area contributed by atoms with E-state index in [0.29, 0.717) is 25.8 Å². The molecule has 3 unspecified atom stereocenters. The maximum Gasteiger partial charge on any atom is 0.318 e. The van der Waals surface area contributed by atoms with Crippen LogP contribution in [-0.4, -0.2) is 46.5 Å². The van der Waals surface area contributed by atoms with Gasteiger partial charge >= 0.3 is 12.0 Å². The first-order chi connectivity index (χ1) is 9.82. The summed E-state index contributed by atoms with van der Waals surface area (Å²) in [7, 11) is 0. The van der Waals surface area contributed by atoms with Crippen molar-refractivity contribution in [2.75, 3.05) is 6.54 Å². The van der Waals surface area contributed by atoms with E-state index in [1.807, 2.05) is 6.92 Å². The molecule has 1 aliphatic heterocycles. The standard InChI is InChI=1S/C14H25N3O4/c1-9(13(19)20)5-3-6-10(2)16-14(21)17-8-4-7-11(17)12(15)18/h9-11H,3-8H2,1-2H3,(H2,15,18)(H,16,21)(H,19,20). The van der Waals surface area contributed by atoms with Crippen molar-refractivity contribution in [3.8, 4) is 0 Å². The molecule has 0 radical (unpaired) electrons. The first kappa shape index (κ1) is 17.3. The average Bonchev–Trinajstić information content (AvgIpc) is 2.87. The predicted molar refractivity (Wildman–Crippen MR) is 77.6 cm³/mol. The van der Waals surface area contributed by atoms with Crippen LogP contribution in [0.5, 0.6) is 0 Å². The highest BCUT2D eigenvalue weighted by molar-refractivity contribution is 5.86. The number of carboxylic acid groups (broad SMARTS) is 1. The van der Waals surface area contributed by atoms with E-state index >= 15 is 0 Å². The van der Waals surface area contributed by atoms with E-state index in [2.05, 4.69) is 5.32 Å². The molecule has 1 aliphatic rings. The fourth-order valence-corrected chi connectivity index (χ4v) is 2.53. The lowest BCUT2D eigenvalue weighted by Gasteiger charge is -2.25. The van der Waals surface area contributed by atoms with E-state index in [1.54, 1.807) is 6.92 Å². The van der Waals surface area contributed by atoms with Crippen LogP contribution in [0.4, 0.5) is 4.79 Å². The molecule has 120 valence electrons. The van der Waals surface area contributed by atoms with Gasteiger partial charge in [-0.25, -0.2) is 4.79 Å². The lowest BCUT2D eigenvalue weighted by Crippen LogP contribution is -2.50. The van der Waals surface area contributed by atoms with E-state index in [1.165, 1.54) is 4.90 Å². The third kappa shape index (κ3) is 5.24. The predicted octanol–water partition coefficient (Wildman–Crippen LogP) is 0.925. The van der Waals surface area contributed by atoms with Gasteiger partial charge in [0.2, 0.25) is 5.91 Å². The monoisotopic (exact) mass is 299 g/mol. The van der Waals surface area contributed by atoms with Crippen LogP contribution >= 0.6 is 0 Å². The molecule has 0 aliphatic carbocycles. The van der Waals surface area contributed by atoms with Crippen LogP contribution in [0.1, 0.15) is 46.0 Å². The summed E-state index contributed by atoms with van der Waals surface area (Å²) in [6.07, 6.45) is 3.43. The zero-order chi connectivity index (χ0) is 16.0. The summed E-state index contributed by atoms with van der Waals surface area (Å²) in [6, 6.07) is -0.841. The van der Waals surface area contributed by atoms with Crippen LogP contribution in [-0.2, 0) is 9.59 Å². The van der Waals surface area contributed by atoms with Gasteiger partial charge < -0.3 is 21.1 Å². The van der Waals surface area contributed by atoms with Crippen molar-refractivity contribution in [3.63, 3.8) is 0 Å². The molecular formula is C14H25N3O4. The number of nitrogens with zero attached hydrogens (tertiary/aromatic N) is 1. The van der Waals surface area contributed by atoms with Gasteiger partial charge in [-0.1, -0.05) is 13.3 Å². The second-order valence-corrected chi connectivity index (χ2v) is 5.77. The quantitative estimate of drug-likeness (QED) is 0.649. The van der Waals surface area contributed by atoms with Crippen molar-refractivity contribution in [3.05, 3.63) is 0 Å². The molecule has 1 fully saturated rings. The molecule has 21 heavy (non-hydrogen) atoms. The van der Waals surface area contributed by atoms with Gasteiger partial charge in [-0.05, 0) is 32.6 Å². The highest BCUT2D eigenvalue weighted by atomic mass is 16.4. The number of amides is 3. The van der Waals surface area contributed by atoms with Gasteiger partial charge in [0, 0.05) is 12.6 Å². The minimum Gasteiger partial charge on any atom is -0.481 e. The lowest BCUT2D eigenvalue weighted by atomic mass is 10.0. The number of rotatable bonds is 7. The van der Waals surface area contributed by atoms with Gasteiger partial charge in [0.05, 0.1) is 5.92 Å². The first-order valence-electron chi connectivity index (χ1n) is 7.42. The van der Waals surface area contributed by atoms with Crippen LogP contribution < -0.4 is 11.1 Å². The summed E-state index contributed by atoms with van der Waals surface area (Å²) in [4.78, 5) is 35.5. The Balaban J connectivity index is 2.33. The molecule has 0 bridgehead atoms. The zero-order valence-electron chi connectivity index (χ0n) is 12.7. The van der Waals surface area contributed by atoms with Crippen LogP contribution in [0.15, 0.2) is 0 Å². The summed E-state index contributed by atoms with van der Waals surface area (Å²) >= 11 is 0. The number of carbonyl (C=O) groups excluding carboxylic acids is 2. The van der Waals surface area contributed by atoms with E-state index < -0.39 is 17.9 Å². The number of aliphatic carboxylic acids is 1. The maximum absolute atomic E-state index is 12.1. The molecule has 7 nitrogen and oxygen atoms in total. The normalized spacial score (nSPS) is 20.9. The van der Waals surface area contributed by atoms with Crippen molar-refractivity contribution in [2.24, 2.45) is 11.7 Å². The lowest BCUT2D eigenvalue weighted by molar-refractivity contribution is -0.141. The second-order valence-electron chi connectivity index (χ2n) is 5.77. The highest BCUT2D eigenvalue weighted by Crippen LogP contribution is 2.17. The number of urea groups is 1. The van der Waals surface area contributed by atoms with Gasteiger partial charge in [-0.2, -0.15) is 0 Å². The van der Waals surface area contributed by atoms with Crippen molar-refractivity contribution in [2.45, 2.75) is 58.0 Å². The van der Waals surface area contributed by atoms with Crippen LogP contribution in [0.3, 0.4) is 0 Å². The number of nitrogens with two attached hydrogens (primary N) is 1. The molecule has 1 saturated heterocycles. The Labute approximate surface area is 124 Å². The van der Waals surface area contributed by atoms with Gasteiger partial charge in [0.25, 0.3) is 0 Å². The number of primary amides is 1. The summed E-state index contributed by atoms with van der Waals surface area (Å²) in [5.41, 5.74) is 5.28. The maximum atomic E-state index is 12.1. The van der Waals surface area contributed by atoms with Crippen LogP contribution in [0, 0.1) is 5.92 Å². The molecule has 0 spiro atoms. The van der Waals surface area contributed by atoms with Crippen molar-refractivity contribution >= 4 is 17.9 Å². The van der Waals surface area contributed by atoms with Gasteiger partial charge in [-0.3, -0.25) is 9.59 Å². The Hall–Kier alpha value is -1.79. The van der Waals surface area contributed by atoms with Gasteiger partial charge in [-0.15, -0.1) is 0 Å². The fourth-order valence-electron chi connectivity index (χ4n) is 2.53. The third-order valence-electron chi connectivity index (χ3n) is 3.91. The number of hydrogen-bond donors (Lipinski definition) is 3. The van der Waals surface area contributed by atoms with E-state index in [0.717, 1.165) is 12.8 Å². The Morgan fingerprint density at radius 2 is 2.00 bits per heavy atom. The molecule has 7 heteroatoms. The molecule has 0 aromatic rings. The zero-order valence-corrected chi connectivity index (χ0v) is 12.7. The topological polar surface area (TPSA) is 113 Å². The smallest absolute Gasteiger partial charge is 0.318 e. The average molecular weight is 299 g/mol. The molecule has 3 atom stereocenters. The van der Waals surface area contributed by atoms with Crippen LogP contribution in [0.2, 0.25) is 0 Å². The summed E-state index contributed by atoms with van der Waals surface area (Å²) < 4.78 is 0. The SMILES string of the molecule is CC(CCCC(C)C(=O)O)NC(=O)N1CCCC1C(N)=O. The Morgan fingerprint density at radius 1 is 1.33 bits per heavy atom. The van der Waals surface area contributed by atoms with E-state index in [4.69, 9.17) is 10.8 Å². The first-order valence-corrected chi connectivity index (χ1v) is 7.42. The molecule has 1 rings (SSSR count). The summed E-state index contributed by atoms with van der Waals surface area (Å²) in [6.45, 7) is 4.09. The second kappa shape index (κ2) is 7.85. The Morgan fingerprint density at radius 3 is 2.57 bits per heavy atom. The third-order valence-corrected chi connectivity index (χ3v) is 3.91. The van der Waals surface area contributed by atoms with Gasteiger partial charge in [0.15, 0.2) is 0 Å². The van der Waals surface area contributed by atoms with Gasteiger partial charge in [0.1, 0.15) is 6.04 Å². The van der Waals surface area contributed by atoms with E-state index in [-0.39, 0.29) is 18.0 Å². The number of likely N-dealkylation sites (tertiary alicyclic amines) is 1. The molecule has 0 aromatic heterocycles.